The quantitative estimate of drug-likeness (QED) is 0.848. The average molecular weight is 299 g/mol. The van der Waals surface area contributed by atoms with Gasteiger partial charge < -0.3 is 9.64 Å². The van der Waals surface area contributed by atoms with E-state index in [1.54, 1.807) is 6.20 Å². The van der Waals surface area contributed by atoms with Gasteiger partial charge in [-0.15, -0.1) is 0 Å². The lowest BCUT2D eigenvalue weighted by Gasteiger charge is -2.28. The van der Waals surface area contributed by atoms with E-state index >= 15 is 0 Å². The van der Waals surface area contributed by atoms with Crippen LogP contribution in [-0.2, 0) is 17.8 Å². The maximum atomic E-state index is 12.5. The summed E-state index contributed by atoms with van der Waals surface area (Å²) in [5.41, 5.74) is 1.12. The van der Waals surface area contributed by atoms with Gasteiger partial charge in [0.25, 0.3) is 0 Å². The fourth-order valence-electron chi connectivity index (χ4n) is 2.81. The summed E-state index contributed by atoms with van der Waals surface area (Å²) in [5, 5.41) is 4.17. The Kier molecular flexibility index (Phi) is 4.42. The second-order valence-electron chi connectivity index (χ2n) is 5.70. The molecule has 0 saturated carbocycles. The third kappa shape index (κ3) is 3.30. The summed E-state index contributed by atoms with van der Waals surface area (Å²) in [6.07, 6.45) is 5.37. The van der Waals surface area contributed by atoms with Gasteiger partial charge in [-0.25, -0.2) is 0 Å². The number of rotatable bonds is 5. The zero-order valence-corrected chi connectivity index (χ0v) is 12.8. The van der Waals surface area contributed by atoms with Crippen molar-refractivity contribution in [2.75, 3.05) is 20.2 Å². The monoisotopic (exact) mass is 299 g/mol. The summed E-state index contributed by atoms with van der Waals surface area (Å²) >= 11 is 0. The van der Waals surface area contributed by atoms with Gasteiger partial charge in [-0.2, -0.15) is 5.10 Å². The molecular formula is C17H21N3O2. The number of hydrogen-bond donors (Lipinski definition) is 0. The van der Waals surface area contributed by atoms with Crippen LogP contribution in [0.3, 0.4) is 0 Å². The predicted molar refractivity (Wildman–Crippen MR) is 83.6 cm³/mol. The first-order chi connectivity index (χ1) is 10.7. The molecule has 5 nitrogen and oxygen atoms in total. The summed E-state index contributed by atoms with van der Waals surface area (Å²) in [4.78, 5) is 14.3. The standard InChI is InChI=1S/C17H21N3O2/c1-19(9-5-11-20-10-4-8-18-20)17(21)15-12-14-6-2-3-7-16(14)22-13-15/h2-4,6-8,10,15H,5,9,11-13H2,1H3/t15-/m1/s1. The number of aromatic nitrogens is 2. The van der Waals surface area contributed by atoms with Crippen molar-refractivity contribution < 1.29 is 9.53 Å². The molecule has 3 rings (SSSR count). The van der Waals surface area contributed by atoms with E-state index in [1.165, 1.54) is 0 Å². The van der Waals surface area contributed by atoms with Crippen molar-refractivity contribution in [1.29, 1.82) is 0 Å². The van der Waals surface area contributed by atoms with Crippen molar-refractivity contribution in [1.82, 2.24) is 14.7 Å². The molecule has 1 atom stereocenters. The molecule has 0 unspecified atom stereocenters. The number of fused-ring (bicyclic) bond motifs is 1. The summed E-state index contributed by atoms with van der Waals surface area (Å²) in [6, 6.07) is 9.85. The van der Waals surface area contributed by atoms with E-state index in [2.05, 4.69) is 5.10 Å². The molecule has 1 aromatic carbocycles. The molecule has 2 aromatic rings. The molecule has 0 fully saturated rings. The lowest BCUT2D eigenvalue weighted by Crippen LogP contribution is -2.39. The van der Waals surface area contributed by atoms with Gasteiger partial charge in [-0.05, 0) is 30.5 Å². The summed E-state index contributed by atoms with van der Waals surface area (Å²) in [5.74, 6) is 0.993. The molecule has 116 valence electrons. The van der Waals surface area contributed by atoms with Crippen LogP contribution < -0.4 is 4.74 Å². The number of carbonyl (C=O) groups is 1. The Morgan fingerprint density at radius 2 is 2.27 bits per heavy atom. The van der Waals surface area contributed by atoms with E-state index in [0.29, 0.717) is 6.61 Å². The molecule has 1 amide bonds. The first-order valence-corrected chi connectivity index (χ1v) is 7.67. The number of benzene rings is 1. The highest BCUT2D eigenvalue weighted by Gasteiger charge is 2.27. The van der Waals surface area contributed by atoms with Crippen LogP contribution in [0, 0.1) is 5.92 Å². The molecule has 5 heteroatoms. The van der Waals surface area contributed by atoms with Gasteiger partial charge in [0, 0.05) is 32.5 Å². The van der Waals surface area contributed by atoms with Crippen LogP contribution >= 0.6 is 0 Å². The van der Waals surface area contributed by atoms with Gasteiger partial charge in [0.2, 0.25) is 5.91 Å². The SMILES string of the molecule is CN(CCCn1cccn1)C(=O)[C@H]1COc2ccccc2C1. The predicted octanol–water partition coefficient (Wildman–Crippen LogP) is 1.98. The molecular weight excluding hydrogens is 278 g/mol. The second-order valence-corrected chi connectivity index (χ2v) is 5.70. The normalized spacial score (nSPS) is 16.7. The van der Waals surface area contributed by atoms with Crippen LogP contribution in [0.4, 0.5) is 0 Å². The smallest absolute Gasteiger partial charge is 0.229 e. The van der Waals surface area contributed by atoms with E-state index < -0.39 is 0 Å². The van der Waals surface area contributed by atoms with Gasteiger partial charge in [0.05, 0.1) is 5.92 Å². The Labute approximate surface area is 130 Å². The zero-order valence-electron chi connectivity index (χ0n) is 12.8. The summed E-state index contributed by atoms with van der Waals surface area (Å²) < 4.78 is 7.60. The van der Waals surface area contributed by atoms with Crippen LogP contribution in [0.1, 0.15) is 12.0 Å². The average Bonchev–Trinajstić information content (AvgIpc) is 3.07. The molecule has 0 aliphatic carbocycles. The van der Waals surface area contributed by atoms with Crippen LogP contribution in [-0.4, -0.2) is 40.8 Å². The number of aryl methyl sites for hydroxylation is 1. The van der Waals surface area contributed by atoms with Crippen molar-refractivity contribution >= 4 is 5.91 Å². The molecule has 22 heavy (non-hydrogen) atoms. The van der Waals surface area contributed by atoms with Crippen LogP contribution in [0.25, 0.3) is 0 Å². The van der Waals surface area contributed by atoms with Gasteiger partial charge in [-0.3, -0.25) is 9.48 Å². The fraction of sp³-hybridized carbons (Fsp3) is 0.412. The molecule has 1 aromatic heterocycles. The highest BCUT2D eigenvalue weighted by Crippen LogP contribution is 2.27. The van der Waals surface area contributed by atoms with Crippen LogP contribution in [0.15, 0.2) is 42.7 Å². The van der Waals surface area contributed by atoms with Crippen molar-refractivity contribution in [3.63, 3.8) is 0 Å². The Morgan fingerprint density at radius 3 is 3.09 bits per heavy atom. The van der Waals surface area contributed by atoms with Gasteiger partial charge in [0.15, 0.2) is 0 Å². The van der Waals surface area contributed by atoms with Crippen molar-refractivity contribution in [2.45, 2.75) is 19.4 Å². The Hall–Kier alpha value is -2.30. The van der Waals surface area contributed by atoms with Crippen molar-refractivity contribution in [3.8, 4) is 5.75 Å². The molecule has 2 heterocycles. The number of nitrogens with zero attached hydrogens (tertiary/aromatic N) is 3. The highest BCUT2D eigenvalue weighted by atomic mass is 16.5. The first kappa shape index (κ1) is 14.6. The first-order valence-electron chi connectivity index (χ1n) is 7.67. The highest BCUT2D eigenvalue weighted by molar-refractivity contribution is 5.79. The number of para-hydroxylation sites is 1. The fourth-order valence-corrected chi connectivity index (χ4v) is 2.81. The number of amides is 1. The number of carbonyl (C=O) groups excluding carboxylic acids is 1. The maximum Gasteiger partial charge on any atom is 0.229 e. The minimum Gasteiger partial charge on any atom is -0.492 e. The topological polar surface area (TPSA) is 47.4 Å². The molecule has 0 radical (unpaired) electrons. The number of ether oxygens (including phenoxy) is 1. The van der Waals surface area contributed by atoms with E-state index in [0.717, 1.165) is 37.2 Å². The molecule has 1 aliphatic heterocycles. The summed E-state index contributed by atoms with van der Waals surface area (Å²) in [7, 11) is 1.87. The van der Waals surface area contributed by atoms with Crippen molar-refractivity contribution in [2.24, 2.45) is 5.92 Å². The third-order valence-corrected chi connectivity index (χ3v) is 4.04. The van der Waals surface area contributed by atoms with E-state index in [1.807, 2.05) is 53.2 Å². The zero-order chi connectivity index (χ0) is 15.4. The molecule has 0 spiro atoms. The summed E-state index contributed by atoms with van der Waals surface area (Å²) in [6.45, 7) is 2.03. The van der Waals surface area contributed by atoms with Gasteiger partial charge >= 0.3 is 0 Å². The lowest BCUT2D eigenvalue weighted by molar-refractivity contribution is -0.135. The van der Waals surface area contributed by atoms with E-state index in [4.69, 9.17) is 4.74 Å². The minimum atomic E-state index is -0.0791. The van der Waals surface area contributed by atoms with E-state index in [-0.39, 0.29) is 11.8 Å². The third-order valence-electron chi connectivity index (χ3n) is 4.04. The van der Waals surface area contributed by atoms with E-state index in [9.17, 15) is 4.79 Å². The largest absolute Gasteiger partial charge is 0.492 e. The molecule has 0 saturated heterocycles. The molecule has 0 N–H and O–H groups in total. The Bertz CT molecular complexity index is 625. The Balaban J connectivity index is 1.51. The second kappa shape index (κ2) is 6.64. The minimum absolute atomic E-state index is 0.0791. The molecule has 1 aliphatic rings. The Morgan fingerprint density at radius 1 is 1.41 bits per heavy atom. The van der Waals surface area contributed by atoms with Crippen LogP contribution in [0.5, 0.6) is 5.75 Å². The maximum absolute atomic E-state index is 12.5. The van der Waals surface area contributed by atoms with Gasteiger partial charge in [-0.1, -0.05) is 18.2 Å². The van der Waals surface area contributed by atoms with Gasteiger partial charge in [0.1, 0.15) is 12.4 Å². The van der Waals surface area contributed by atoms with Crippen LogP contribution in [0.2, 0.25) is 0 Å². The molecule has 0 bridgehead atoms. The lowest BCUT2D eigenvalue weighted by atomic mass is 9.95. The number of hydrogen-bond acceptors (Lipinski definition) is 3. The van der Waals surface area contributed by atoms with Crippen molar-refractivity contribution in [3.05, 3.63) is 48.3 Å².